The van der Waals surface area contributed by atoms with E-state index in [0.29, 0.717) is 11.1 Å². The summed E-state index contributed by atoms with van der Waals surface area (Å²) in [5.74, 6) is -0.842. The van der Waals surface area contributed by atoms with Crippen LogP contribution in [-0.2, 0) is 4.84 Å². The highest BCUT2D eigenvalue weighted by atomic mass is 16.7. The molecular formula is C11H12N2O3. The summed E-state index contributed by atoms with van der Waals surface area (Å²) in [7, 11) is 0. The van der Waals surface area contributed by atoms with Gasteiger partial charge in [0.15, 0.2) is 0 Å². The van der Waals surface area contributed by atoms with Crippen LogP contribution in [0.4, 0.5) is 0 Å². The van der Waals surface area contributed by atoms with Crippen molar-refractivity contribution in [3.05, 3.63) is 34.9 Å². The fraction of sp³-hybridized carbons (Fsp3) is 0.273. The third kappa shape index (κ3) is 1.60. The van der Waals surface area contributed by atoms with Gasteiger partial charge >= 0.3 is 0 Å². The first-order valence-corrected chi connectivity index (χ1v) is 4.97. The second kappa shape index (κ2) is 4.03. The van der Waals surface area contributed by atoms with Gasteiger partial charge in [0.05, 0.1) is 17.7 Å². The number of nitrogens with two attached hydrogens (primary N) is 1. The maximum atomic E-state index is 11.8. The molecule has 0 spiro atoms. The van der Waals surface area contributed by atoms with E-state index in [1.54, 1.807) is 18.2 Å². The summed E-state index contributed by atoms with van der Waals surface area (Å²) in [5.41, 5.74) is 6.96. The second-order valence-corrected chi connectivity index (χ2v) is 3.58. The van der Waals surface area contributed by atoms with Crippen LogP contribution in [0.5, 0.6) is 0 Å². The molecule has 0 fully saturated rings. The lowest BCUT2D eigenvalue weighted by Crippen LogP contribution is -2.31. The highest BCUT2D eigenvalue weighted by Gasteiger charge is 2.36. The van der Waals surface area contributed by atoms with Crippen molar-refractivity contribution in [3.63, 3.8) is 0 Å². The van der Waals surface area contributed by atoms with E-state index in [1.165, 1.54) is 0 Å². The molecule has 1 aromatic carbocycles. The number of carbonyl (C=O) groups excluding carboxylic acids is 2. The summed E-state index contributed by atoms with van der Waals surface area (Å²) in [5, 5.41) is 0.775. The van der Waals surface area contributed by atoms with Gasteiger partial charge in [0.2, 0.25) is 0 Å². The zero-order valence-electron chi connectivity index (χ0n) is 8.90. The Bertz CT molecular complexity index is 457. The van der Waals surface area contributed by atoms with Crippen molar-refractivity contribution in [1.29, 1.82) is 0 Å². The van der Waals surface area contributed by atoms with Crippen LogP contribution in [0.1, 0.15) is 26.3 Å². The van der Waals surface area contributed by atoms with Crippen molar-refractivity contribution in [1.82, 2.24) is 5.06 Å². The van der Waals surface area contributed by atoms with Crippen molar-refractivity contribution in [2.24, 2.45) is 5.73 Å². The predicted molar refractivity (Wildman–Crippen MR) is 56.7 cm³/mol. The van der Waals surface area contributed by atoms with Gasteiger partial charge in [-0.2, -0.15) is 0 Å². The summed E-state index contributed by atoms with van der Waals surface area (Å²) in [6.45, 7) is 2.26. The molecule has 0 saturated heterocycles. The van der Waals surface area contributed by atoms with Gasteiger partial charge in [-0.25, -0.2) is 0 Å². The summed E-state index contributed by atoms with van der Waals surface area (Å²) >= 11 is 0. The maximum Gasteiger partial charge on any atom is 0.285 e. The van der Waals surface area contributed by atoms with E-state index in [1.807, 2.05) is 6.92 Å². The zero-order valence-corrected chi connectivity index (χ0v) is 8.90. The lowest BCUT2D eigenvalue weighted by molar-refractivity contribution is -0.0882. The number of benzene rings is 1. The van der Waals surface area contributed by atoms with E-state index >= 15 is 0 Å². The molecule has 5 nitrogen and oxygen atoms in total. The third-order valence-corrected chi connectivity index (χ3v) is 2.34. The predicted octanol–water partition coefficient (Wildman–Crippen LogP) is 0.481. The van der Waals surface area contributed by atoms with Gasteiger partial charge in [-0.05, 0) is 19.1 Å². The highest BCUT2D eigenvalue weighted by molar-refractivity contribution is 6.20. The molecule has 0 aliphatic carbocycles. The molecule has 0 atom stereocenters. The first-order valence-electron chi connectivity index (χ1n) is 4.97. The second-order valence-electron chi connectivity index (χ2n) is 3.58. The zero-order chi connectivity index (χ0) is 11.7. The van der Waals surface area contributed by atoms with E-state index in [0.717, 1.165) is 10.6 Å². The molecule has 0 aromatic heterocycles. The highest BCUT2D eigenvalue weighted by Crippen LogP contribution is 2.23. The number of carbonyl (C=O) groups is 2. The van der Waals surface area contributed by atoms with Gasteiger partial charge in [-0.1, -0.05) is 11.6 Å². The number of hydroxylamine groups is 2. The van der Waals surface area contributed by atoms with Crippen LogP contribution in [-0.4, -0.2) is 30.0 Å². The van der Waals surface area contributed by atoms with Gasteiger partial charge in [0.25, 0.3) is 11.8 Å². The fourth-order valence-electron chi connectivity index (χ4n) is 1.59. The first kappa shape index (κ1) is 10.8. The molecular weight excluding hydrogens is 208 g/mol. The topological polar surface area (TPSA) is 72.6 Å². The van der Waals surface area contributed by atoms with Crippen LogP contribution in [0.3, 0.4) is 0 Å². The summed E-state index contributed by atoms with van der Waals surface area (Å²) in [6.07, 6.45) is 0. The molecule has 0 radical (unpaired) electrons. The standard InChI is InChI=1S/C11H12N2O3/c1-7-2-3-8-9(6-7)11(15)13(10(8)14)16-5-4-12/h2-3,6H,4-5,12H2,1H3. The van der Waals surface area contributed by atoms with Gasteiger partial charge < -0.3 is 5.73 Å². The molecule has 1 heterocycles. The Morgan fingerprint density at radius 2 is 1.94 bits per heavy atom. The number of nitrogens with zero attached hydrogens (tertiary/aromatic N) is 1. The van der Waals surface area contributed by atoms with Crippen LogP contribution >= 0.6 is 0 Å². The van der Waals surface area contributed by atoms with Crippen LogP contribution < -0.4 is 5.73 Å². The van der Waals surface area contributed by atoms with Crippen molar-refractivity contribution in [2.75, 3.05) is 13.2 Å². The van der Waals surface area contributed by atoms with Crippen LogP contribution in [0.25, 0.3) is 0 Å². The Kier molecular flexibility index (Phi) is 2.72. The van der Waals surface area contributed by atoms with E-state index in [-0.39, 0.29) is 13.2 Å². The number of imide groups is 1. The number of fused-ring (bicyclic) bond motifs is 1. The minimum atomic E-state index is -0.423. The van der Waals surface area contributed by atoms with Crippen LogP contribution in [0, 0.1) is 6.92 Å². The van der Waals surface area contributed by atoms with Gasteiger partial charge in [-0.15, -0.1) is 5.06 Å². The fourth-order valence-corrected chi connectivity index (χ4v) is 1.59. The molecule has 2 amide bonds. The lowest BCUT2D eigenvalue weighted by Gasteiger charge is -2.11. The summed E-state index contributed by atoms with van der Waals surface area (Å²) in [4.78, 5) is 28.6. The maximum absolute atomic E-state index is 11.8. The number of rotatable bonds is 3. The minimum absolute atomic E-state index is 0.143. The number of hydrogen-bond donors (Lipinski definition) is 1. The Labute approximate surface area is 92.7 Å². The van der Waals surface area contributed by atoms with E-state index in [9.17, 15) is 9.59 Å². The van der Waals surface area contributed by atoms with Crippen molar-refractivity contribution >= 4 is 11.8 Å². The molecule has 2 N–H and O–H groups in total. The van der Waals surface area contributed by atoms with Crippen LogP contribution in [0.2, 0.25) is 0 Å². The number of aryl methyl sites for hydroxylation is 1. The quantitative estimate of drug-likeness (QED) is 0.752. The summed E-state index contributed by atoms with van der Waals surface area (Å²) in [6, 6.07) is 5.11. The molecule has 84 valence electrons. The molecule has 0 unspecified atom stereocenters. The molecule has 1 aliphatic rings. The Morgan fingerprint density at radius 1 is 1.25 bits per heavy atom. The van der Waals surface area contributed by atoms with E-state index < -0.39 is 11.8 Å². The molecule has 0 bridgehead atoms. The third-order valence-electron chi connectivity index (χ3n) is 2.34. The van der Waals surface area contributed by atoms with Crippen LogP contribution in [0.15, 0.2) is 18.2 Å². The van der Waals surface area contributed by atoms with E-state index in [4.69, 9.17) is 10.6 Å². The Balaban J connectivity index is 2.33. The molecule has 0 saturated carbocycles. The molecule has 1 aliphatic heterocycles. The smallest absolute Gasteiger partial charge is 0.285 e. The summed E-state index contributed by atoms with van der Waals surface area (Å²) < 4.78 is 0. The van der Waals surface area contributed by atoms with Gasteiger partial charge in [0, 0.05) is 6.54 Å². The Hall–Kier alpha value is -1.72. The molecule has 2 rings (SSSR count). The average molecular weight is 220 g/mol. The van der Waals surface area contributed by atoms with Gasteiger partial charge in [0.1, 0.15) is 0 Å². The largest absolute Gasteiger partial charge is 0.328 e. The number of hydrogen-bond acceptors (Lipinski definition) is 4. The average Bonchev–Trinajstić information content (AvgIpc) is 2.50. The number of amides is 2. The Morgan fingerprint density at radius 3 is 2.62 bits per heavy atom. The SMILES string of the molecule is Cc1ccc2c(c1)C(=O)N(OCCN)C2=O. The lowest BCUT2D eigenvalue weighted by atomic mass is 10.1. The molecule has 1 aromatic rings. The van der Waals surface area contributed by atoms with Gasteiger partial charge in [-0.3, -0.25) is 14.4 Å². The first-order chi connectivity index (χ1) is 7.65. The molecule has 5 heteroatoms. The van der Waals surface area contributed by atoms with E-state index in [2.05, 4.69) is 0 Å². The van der Waals surface area contributed by atoms with Crippen molar-refractivity contribution in [2.45, 2.75) is 6.92 Å². The van der Waals surface area contributed by atoms with Crippen molar-refractivity contribution in [3.8, 4) is 0 Å². The van der Waals surface area contributed by atoms with Crippen molar-refractivity contribution < 1.29 is 14.4 Å². The minimum Gasteiger partial charge on any atom is -0.328 e. The normalized spacial score (nSPS) is 14.5. The monoisotopic (exact) mass is 220 g/mol. The molecule has 16 heavy (non-hydrogen) atoms.